The maximum absolute atomic E-state index is 13.1. The molecule has 0 unspecified atom stereocenters. The van der Waals surface area contributed by atoms with Gasteiger partial charge in [0, 0.05) is 17.4 Å². The van der Waals surface area contributed by atoms with Gasteiger partial charge in [-0.1, -0.05) is 55.0 Å². The number of ketones is 1. The molecule has 0 bridgehead atoms. The minimum atomic E-state index is 0.123. The summed E-state index contributed by atoms with van der Waals surface area (Å²) in [7, 11) is 0. The third kappa shape index (κ3) is 3.98. The van der Waals surface area contributed by atoms with Gasteiger partial charge in [-0.05, 0) is 47.9 Å². The first-order valence-electron chi connectivity index (χ1n) is 11.1. The van der Waals surface area contributed by atoms with Gasteiger partial charge in [0.1, 0.15) is 17.1 Å². The van der Waals surface area contributed by atoms with E-state index < -0.39 is 0 Å². The van der Waals surface area contributed by atoms with Crippen LogP contribution in [0.1, 0.15) is 47.9 Å². The minimum Gasteiger partial charge on any atom is -0.485 e. The Morgan fingerprint density at radius 3 is 2.79 bits per heavy atom. The number of carbonyl (C=O) groups excluding carboxylic acids is 1. The lowest BCUT2D eigenvalue weighted by Crippen LogP contribution is -2.00. The number of Topliss-reactive ketones (excluding diaryl/α,β-unsaturated/α-hetero) is 1. The predicted octanol–water partition coefficient (Wildman–Crippen LogP) is 6.03. The highest BCUT2D eigenvalue weighted by atomic mass is 16.5. The molecule has 2 aromatic heterocycles. The number of para-hydroxylation sites is 1. The molecule has 0 spiro atoms. The number of rotatable bonds is 8. The van der Waals surface area contributed by atoms with Crippen LogP contribution in [0.5, 0.6) is 5.75 Å². The van der Waals surface area contributed by atoms with Gasteiger partial charge in [0.05, 0.1) is 5.56 Å². The Balaban J connectivity index is 1.54. The number of hydrogen-bond acceptors (Lipinski definition) is 6. The highest BCUT2D eigenvalue weighted by Crippen LogP contribution is 2.37. The Hall–Kier alpha value is -4.00. The van der Waals surface area contributed by atoms with E-state index in [-0.39, 0.29) is 12.4 Å². The number of nitrogens with zero attached hydrogens (tertiary/aromatic N) is 3. The zero-order chi connectivity index (χ0) is 22.8. The number of unbranched alkanes of at least 4 members (excludes halogenated alkanes) is 1. The van der Waals surface area contributed by atoms with Crippen molar-refractivity contribution >= 4 is 27.5 Å². The van der Waals surface area contributed by atoms with Crippen molar-refractivity contribution < 1.29 is 13.9 Å². The van der Waals surface area contributed by atoms with Crippen LogP contribution in [0, 0.1) is 6.92 Å². The summed E-state index contributed by atoms with van der Waals surface area (Å²) in [5, 5.41) is 16.8. The average Bonchev–Trinajstić information content (AvgIpc) is 3.50. The van der Waals surface area contributed by atoms with Crippen LogP contribution in [0.25, 0.3) is 33.1 Å². The molecule has 5 rings (SSSR count). The molecular formula is C26H24N4O3. The van der Waals surface area contributed by atoms with E-state index >= 15 is 0 Å². The molecule has 3 aromatic carbocycles. The van der Waals surface area contributed by atoms with Crippen LogP contribution in [0.3, 0.4) is 0 Å². The standard InChI is InChI=1S/C26H24N4O3/c1-3-4-8-21(31)25-20-7-5-6-9-23(20)33-26(25)18-10-12-19-16(2)22(13-11-17(19)14-18)32-15-24-27-29-30-28-24/h5-7,9-14H,3-4,8,15H2,1-2H3,(H,27,28,29,30). The number of aromatic nitrogens is 4. The largest absolute Gasteiger partial charge is 0.485 e. The number of H-pyrrole nitrogens is 1. The molecule has 0 atom stereocenters. The highest BCUT2D eigenvalue weighted by Gasteiger charge is 2.22. The first-order valence-corrected chi connectivity index (χ1v) is 11.1. The summed E-state index contributed by atoms with van der Waals surface area (Å²) >= 11 is 0. The molecule has 0 aliphatic carbocycles. The molecule has 2 heterocycles. The van der Waals surface area contributed by atoms with Gasteiger partial charge in [-0.3, -0.25) is 4.79 Å². The first-order chi connectivity index (χ1) is 16.2. The molecule has 1 N–H and O–H groups in total. The minimum absolute atomic E-state index is 0.123. The number of benzene rings is 3. The number of hydrogen-bond donors (Lipinski definition) is 1. The van der Waals surface area contributed by atoms with Gasteiger partial charge in [0.2, 0.25) is 5.82 Å². The van der Waals surface area contributed by atoms with E-state index in [1.807, 2.05) is 49.4 Å². The van der Waals surface area contributed by atoms with Gasteiger partial charge in [-0.25, -0.2) is 0 Å². The summed E-state index contributed by atoms with van der Waals surface area (Å²) < 4.78 is 12.1. The molecule has 5 aromatic rings. The monoisotopic (exact) mass is 440 g/mol. The molecule has 166 valence electrons. The van der Waals surface area contributed by atoms with Crippen molar-refractivity contribution in [2.75, 3.05) is 0 Å². The molecule has 33 heavy (non-hydrogen) atoms. The van der Waals surface area contributed by atoms with Crippen molar-refractivity contribution in [2.24, 2.45) is 0 Å². The second-order valence-corrected chi connectivity index (χ2v) is 8.07. The molecule has 0 saturated heterocycles. The molecule has 0 aliphatic rings. The van der Waals surface area contributed by atoms with Crippen molar-refractivity contribution in [1.82, 2.24) is 20.6 Å². The van der Waals surface area contributed by atoms with E-state index in [1.165, 1.54) is 0 Å². The van der Waals surface area contributed by atoms with E-state index in [9.17, 15) is 4.79 Å². The predicted molar refractivity (Wildman–Crippen MR) is 126 cm³/mol. The third-order valence-corrected chi connectivity index (χ3v) is 5.88. The number of tetrazole rings is 1. The Morgan fingerprint density at radius 2 is 1.97 bits per heavy atom. The van der Waals surface area contributed by atoms with Gasteiger partial charge >= 0.3 is 0 Å². The molecule has 0 radical (unpaired) electrons. The molecular weight excluding hydrogens is 416 g/mol. The Morgan fingerprint density at radius 1 is 1.09 bits per heavy atom. The Labute approximate surface area is 190 Å². The van der Waals surface area contributed by atoms with Gasteiger partial charge < -0.3 is 9.15 Å². The Bertz CT molecular complexity index is 1440. The number of aryl methyl sites for hydroxylation is 1. The van der Waals surface area contributed by atoms with Crippen LogP contribution in [0.2, 0.25) is 0 Å². The lowest BCUT2D eigenvalue weighted by atomic mass is 9.96. The number of carbonyl (C=O) groups is 1. The number of ether oxygens (including phenoxy) is 1. The van der Waals surface area contributed by atoms with Crippen molar-refractivity contribution in [3.8, 4) is 17.1 Å². The molecule has 7 nitrogen and oxygen atoms in total. The van der Waals surface area contributed by atoms with Crippen LogP contribution in [0.4, 0.5) is 0 Å². The SMILES string of the molecule is CCCCC(=O)c1c(-c2ccc3c(C)c(OCc4nn[nH]n4)ccc3c2)oc2ccccc12. The number of fused-ring (bicyclic) bond motifs is 2. The smallest absolute Gasteiger partial charge is 0.211 e. The van der Waals surface area contributed by atoms with E-state index in [4.69, 9.17) is 9.15 Å². The Kier molecular flexibility index (Phi) is 5.60. The maximum Gasteiger partial charge on any atom is 0.211 e. The zero-order valence-electron chi connectivity index (χ0n) is 18.6. The van der Waals surface area contributed by atoms with E-state index in [0.717, 1.165) is 51.5 Å². The van der Waals surface area contributed by atoms with E-state index in [1.54, 1.807) is 0 Å². The summed E-state index contributed by atoms with van der Waals surface area (Å²) in [6.07, 6.45) is 2.35. The zero-order valence-corrected chi connectivity index (χ0v) is 18.6. The maximum atomic E-state index is 13.1. The molecule has 0 amide bonds. The summed E-state index contributed by atoms with van der Waals surface area (Å²) in [5.74, 6) is 2.02. The van der Waals surface area contributed by atoms with Gasteiger partial charge in [-0.2, -0.15) is 5.21 Å². The lowest BCUT2D eigenvalue weighted by molar-refractivity contribution is 0.0981. The number of nitrogens with one attached hydrogen (secondary N) is 1. The average molecular weight is 441 g/mol. The molecule has 7 heteroatoms. The summed E-state index contributed by atoms with van der Waals surface area (Å²) in [6.45, 7) is 4.35. The van der Waals surface area contributed by atoms with Crippen LogP contribution in [-0.4, -0.2) is 26.4 Å². The fourth-order valence-electron chi connectivity index (χ4n) is 4.14. The second kappa shape index (κ2) is 8.86. The normalized spacial score (nSPS) is 11.3. The summed E-state index contributed by atoms with van der Waals surface area (Å²) in [4.78, 5) is 13.1. The van der Waals surface area contributed by atoms with Crippen LogP contribution >= 0.6 is 0 Å². The van der Waals surface area contributed by atoms with E-state index in [0.29, 0.717) is 23.6 Å². The lowest BCUT2D eigenvalue weighted by Gasteiger charge is -2.11. The van der Waals surface area contributed by atoms with Gasteiger partial charge in [-0.15, -0.1) is 10.2 Å². The fourth-order valence-corrected chi connectivity index (χ4v) is 4.14. The number of aromatic amines is 1. The summed E-state index contributed by atoms with van der Waals surface area (Å²) in [6, 6.07) is 17.8. The highest BCUT2D eigenvalue weighted by molar-refractivity contribution is 6.12. The molecule has 0 aliphatic heterocycles. The first kappa shape index (κ1) is 20.9. The molecule has 0 saturated carbocycles. The van der Waals surface area contributed by atoms with Crippen LogP contribution in [-0.2, 0) is 6.61 Å². The second-order valence-electron chi connectivity index (χ2n) is 8.07. The van der Waals surface area contributed by atoms with Crippen LogP contribution < -0.4 is 4.74 Å². The fraction of sp³-hybridized carbons (Fsp3) is 0.231. The van der Waals surface area contributed by atoms with Crippen LogP contribution in [0.15, 0.2) is 59.0 Å². The van der Waals surface area contributed by atoms with Gasteiger partial charge in [0.15, 0.2) is 12.4 Å². The molecule has 0 fully saturated rings. The quantitative estimate of drug-likeness (QED) is 0.296. The summed E-state index contributed by atoms with van der Waals surface area (Å²) in [5.41, 5.74) is 3.31. The van der Waals surface area contributed by atoms with Crippen molar-refractivity contribution in [3.05, 3.63) is 71.5 Å². The van der Waals surface area contributed by atoms with Crippen molar-refractivity contribution in [1.29, 1.82) is 0 Å². The topological polar surface area (TPSA) is 93.9 Å². The van der Waals surface area contributed by atoms with Crippen molar-refractivity contribution in [3.63, 3.8) is 0 Å². The number of furan rings is 1. The van der Waals surface area contributed by atoms with E-state index in [2.05, 4.69) is 39.7 Å². The van der Waals surface area contributed by atoms with Gasteiger partial charge in [0.25, 0.3) is 0 Å². The van der Waals surface area contributed by atoms with Crippen molar-refractivity contribution in [2.45, 2.75) is 39.7 Å². The third-order valence-electron chi connectivity index (χ3n) is 5.88.